The van der Waals surface area contributed by atoms with Gasteiger partial charge in [0.15, 0.2) is 0 Å². The number of carbonyl (C=O) groups is 1. The molecule has 1 amide bonds. The van der Waals surface area contributed by atoms with Crippen molar-refractivity contribution in [2.75, 3.05) is 20.1 Å². The normalized spacial score (nSPS) is 34.1. The standard InChI is InChI=1S/C11H21N3O.C2H6/c1-13-9-4-11(5-9)2-8(3-11)7-14-10(15)6-12;1-2/h8-9,13H,2-7,12H2,1H3,(H,14,15);1-2H3. The van der Waals surface area contributed by atoms with Gasteiger partial charge >= 0.3 is 0 Å². The molecule has 0 aromatic rings. The summed E-state index contributed by atoms with van der Waals surface area (Å²) in [7, 11) is 2.04. The van der Waals surface area contributed by atoms with Crippen molar-refractivity contribution < 1.29 is 4.79 Å². The Balaban J connectivity index is 0.000000686. The van der Waals surface area contributed by atoms with Crippen LogP contribution in [0.3, 0.4) is 0 Å². The molecule has 17 heavy (non-hydrogen) atoms. The van der Waals surface area contributed by atoms with Gasteiger partial charge in [-0.3, -0.25) is 4.79 Å². The van der Waals surface area contributed by atoms with E-state index in [2.05, 4.69) is 10.6 Å². The van der Waals surface area contributed by atoms with E-state index in [1.807, 2.05) is 20.9 Å². The summed E-state index contributed by atoms with van der Waals surface area (Å²) < 4.78 is 0. The van der Waals surface area contributed by atoms with Crippen molar-refractivity contribution >= 4 is 5.91 Å². The van der Waals surface area contributed by atoms with Crippen molar-refractivity contribution in [1.29, 1.82) is 0 Å². The van der Waals surface area contributed by atoms with Crippen LogP contribution < -0.4 is 16.4 Å². The number of hydrogen-bond donors (Lipinski definition) is 3. The van der Waals surface area contributed by atoms with Gasteiger partial charge in [-0.2, -0.15) is 0 Å². The first kappa shape index (κ1) is 14.5. The van der Waals surface area contributed by atoms with Crippen molar-refractivity contribution in [1.82, 2.24) is 10.6 Å². The van der Waals surface area contributed by atoms with E-state index in [-0.39, 0.29) is 12.5 Å². The van der Waals surface area contributed by atoms with Crippen molar-refractivity contribution in [3.8, 4) is 0 Å². The Morgan fingerprint density at radius 1 is 1.29 bits per heavy atom. The number of carbonyl (C=O) groups excluding carboxylic acids is 1. The average Bonchev–Trinajstić information content (AvgIpc) is 2.27. The van der Waals surface area contributed by atoms with Crippen LogP contribution in [0.25, 0.3) is 0 Å². The molecule has 2 fully saturated rings. The zero-order valence-electron chi connectivity index (χ0n) is 11.4. The Morgan fingerprint density at radius 3 is 2.35 bits per heavy atom. The van der Waals surface area contributed by atoms with Gasteiger partial charge in [-0.25, -0.2) is 0 Å². The SMILES string of the molecule is CC.CNC1CC2(CC(CNC(=O)CN)C2)C1. The highest BCUT2D eigenvalue weighted by atomic mass is 16.1. The lowest BCUT2D eigenvalue weighted by molar-refractivity contribution is -0.121. The van der Waals surface area contributed by atoms with Crippen LogP contribution in [0.15, 0.2) is 0 Å². The van der Waals surface area contributed by atoms with Crippen molar-refractivity contribution in [3.05, 3.63) is 0 Å². The van der Waals surface area contributed by atoms with Gasteiger partial charge in [0.25, 0.3) is 0 Å². The zero-order chi connectivity index (χ0) is 12.9. The van der Waals surface area contributed by atoms with Gasteiger partial charge in [0.2, 0.25) is 5.91 Å². The molecule has 100 valence electrons. The van der Waals surface area contributed by atoms with Crippen LogP contribution in [0.1, 0.15) is 39.5 Å². The first-order chi connectivity index (χ1) is 8.17. The smallest absolute Gasteiger partial charge is 0.233 e. The highest BCUT2D eigenvalue weighted by Gasteiger charge is 2.51. The Hall–Kier alpha value is -0.610. The van der Waals surface area contributed by atoms with Crippen LogP contribution >= 0.6 is 0 Å². The topological polar surface area (TPSA) is 67.1 Å². The third-order valence-electron chi connectivity index (χ3n) is 3.98. The second kappa shape index (κ2) is 6.36. The molecule has 0 unspecified atom stereocenters. The largest absolute Gasteiger partial charge is 0.355 e. The van der Waals surface area contributed by atoms with E-state index in [0.29, 0.717) is 11.3 Å². The molecule has 2 rings (SSSR count). The molecular weight excluding hydrogens is 214 g/mol. The lowest BCUT2D eigenvalue weighted by Crippen LogP contribution is -2.56. The molecule has 4 heteroatoms. The Morgan fingerprint density at radius 2 is 1.88 bits per heavy atom. The molecule has 2 aliphatic carbocycles. The van der Waals surface area contributed by atoms with Crippen LogP contribution in [0, 0.1) is 11.3 Å². The van der Waals surface area contributed by atoms with Gasteiger partial charge in [0, 0.05) is 12.6 Å². The molecule has 0 radical (unpaired) electrons. The lowest BCUT2D eigenvalue weighted by atomic mass is 9.50. The Kier molecular flexibility index (Phi) is 5.40. The molecule has 4 nitrogen and oxygen atoms in total. The van der Waals surface area contributed by atoms with Gasteiger partial charge in [0.05, 0.1) is 6.54 Å². The predicted molar refractivity (Wildman–Crippen MR) is 70.7 cm³/mol. The minimum atomic E-state index is -0.0299. The molecule has 0 aromatic carbocycles. The van der Waals surface area contributed by atoms with E-state index < -0.39 is 0 Å². The molecule has 0 saturated heterocycles. The van der Waals surface area contributed by atoms with E-state index in [4.69, 9.17) is 5.73 Å². The summed E-state index contributed by atoms with van der Waals surface area (Å²) in [5.41, 5.74) is 5.86. The zero-order valence-corrected chi connectivity index (χ0v) is 11.4. The summed E-state index contributed by atoms with van der Waals surface area (Å²) in [6, 6.07) is 0.740. The molecule has 0 atom stereocenters. The molecule has 2 saturated carbocycles. The maximum Gasteiger partial charge on any atom is 0.233 e. The first-order valence-electron chi connectivity index (χ1n) is 6.81. The Bertz CT molecular complexity index is 241. The quantitative estimate of drug-likeness (QED) is 0.684. The van der Waals surface area contributed by atoms with Crippen molar-refractivity contribution in [2.24, 2.45) is 17.1 Å². The molecule has 0 heterocycles. The summed E-state index contributed by atoms with van der Waals surface area (Å²) in [4.78, 5) is 11.0. The van der Waals surface area contributed by atoms with Crippen LogP contribution in [-0.2, 0) is 4.79 Å². The minimum Gasteiger partial charge on any atom is -0.355 e. The lowest BCUT2D eigenvalue weighted by Gasteiger charge is -2.58. The monoisotopic (exact) mass is 241 g/mol. The van der Waals surface area contributed by atoms with Crippen LogP contribution in [-0.4, -0.2) is 32.1 Å². The van der Waals surface area contributed by atoms with Crippen LogP contribution in [0.2, 0.25) is 0 Å². The fourth-order valence-corrected chi connectivity index (χ4v) is 3.16. The second-order valence-electron chi connectivity index (χ2n) is 5.18. The summed E-state index contributed by atoms with van der Waals surface area (Å²) in [5.74, 6) is 0.663. The minimum absolute atomic E-state index is 0.0299. The van der Waals surface area contributed by atoms with Gasteiger partial charge in [0.1, 0.15) is 0 Å². The Labute approximate surface area is 105 Å². The summed E-state index contributed by atoms with van der Waals surface area (Å²) >= 11 is 0. The molecular formula is C13H27N3O. The van der Waals surface area contributed by atoms with Gasteiger partial charge in [-0.15, -0.1) is 0 Å². The van der Waals surface area contributed by atoms with Gasteiger partial charge < -0.3 is 16.4 Å². The highest BCUT2D eigenvalue weighted by Crippen LogP contribution is 2.58. The number of rotatable bonds is 4. The van der Waals surface area contributed by atoms with E-state index in [1.54, 1.807) is 0 Å². The predicted octanol–water partition coefficient (Wildman–Crippen LogP) is 0.866. The average molecular weight is 241 g/mol. The third-order valence-corrected chi connectivity index (χ3v) is 3.98. The summed E-state index contributed by atoms with van der Waals surface area (Å²) in [5, 5.41) is 6.18. The van der Waals surface area contributed by atoms with E-state index in [9.17, 15) is 4.79 Å². The molecule has 0 aromatic heterocycles. The molecule has 4 N–H and O–H groups in total. The summed E-state index contributed by atoms with van der Waals surface area (Å²) in [6.45, 7) is 4.93. The number of nitrogens with one attached hydrogen (secondary N) is 2. The van der Waals surface area contributed by atoms with Gasteiger partial charge in [-0.05, 0) is 44.1 Å². The number of nitrogens with two attached hydrogens (primary N) is 1. The van der Waals surface area contributed by atoms with Crippen molar-refractivity contribution in [3.63, 3.8) is 0 Å². The van der Waals surface area contributed by atoms with E-state index >= 15 is 0 Å². The first-order valence-corrected chi connectivity index (χ1v) is 6.81. The second-order valence-corrected chi connectivity index (χ2v) is 5.18. The van der Waals surface area contributed by atoms with Crippen LogP contribution in [0.4, 0.5) is 0 Å². The maximum absolute atomic E-state index is 11.0. The van der Waals surface area contributed by atoms with E-state index in [0.717, 1.165) is 12.6 Å². The number of hydrogen-bond acceptors (Lipinski definition) is 3. The number of amides is 1. The molecule has 0 bridgehead atoms. The van der Waals surface area contributed by atoms with Crippen LogP contribution in [0.5, 0.6) is 0 Å². The van der Waals surface area contributed by atoms with E-state index in [1.165, 1.54) is 25.7 Å². The maximum atomic E-state index is 11.0. The molecule has 2 aliphatic rings. The summed E-state index contributed by atoms with van der Waals surface area (Å²) in [6.07, 6.45) is 5.22. The molecule has 0 aliphatic heterocycles. The fraction of sp³-hybridized carbons (Fsp3) is 0.923. The molecule has 1 spiro atoms. The van der Waals surface area contributed by atoms with Crippen molar-refractivity contribution in [2.45, 2.75) is 45.6 Å². The fourth-order valence-electron chi connectivity index (χ4n) is 3.16. The van der Waals surface area contributed by atoms with Gasteiger partial charge in [-0.1, -0.05) is 13.8 Å². The third kappa shape index (κ3) is 3.42. The highest BCUT2D eigenvalue weighted by molar-refractivity contribution is 5.77.